The third-order valence-corrected chi connectivity index (χ3v) is 9.04. The van der Waals surface area contributed by atoms with Crippen LogP contribution in [0.15, 0.2) is 36.4 Å². The Hall–Kier alpha value is -3.07. The fraction of sp³-hybridized carbons (Fsp3) is 0.440. The highest BCUT2D eigenvalue weighted by atomic mass is 32.2. The summed E-state index contributed by atoms with van der Waals surface area (Å²) in [5.74, 6) is 0.565. The number of unbranched alkanes of at least 4 members (excludes halogenated alkanes) is 2. The number of fused-ring (bicyclic) bond motifs is 3. The number of ether oxygens (including phenoxy) is 1. The predicted octanol–water partition coefficient (Wildman–Crippen LogP) is 4.37. The maximum Gasteiger partial charge on any atom is 0.337 e. The summed E-state index contributed by atoms with van der Waals surface area (Å²) >= 11 is 1.94. The van der Waals surface area contributed by atoms with Crippen LogP contribution in [0, 0.1) is 0 Å². The molecule has 2 aliphatic heterocycles. The Bertz CT molecular complexity index is 1280. The summed E-state index contributed by atoms with van der Waals surface area (Å²) in [6.07, 6.45) is 4.07. The number of nitrogens with zero attached hydrogens (tertiary/aromatic N) is 2. The van der Waals surface area contributed by atoms with Gasteiger partial charge in [-0.05, 0) is 51.0 Å². The molecule has 1 unspecified atom stereocenters. The molecule has 0 saturated carbocycles. The molecule has 0 bridgehead atoms. The normalized spacial score (nSPS) is 25.8. The molecular formula is C25H28N4O4S. The molecular weight excluding hydrogens is 452 g/mol. The lowest BCUT2D eigenvalue weighted by atomic mass is 9.79. The topological polar surface area (TPSA) is 113 Å². The summed E-state index contributed by atoms with van der Waals surface area (Å²) in [5.41, 5.74) is 1.90. The van der Waals surface area contributed by atoms with Gasteiger partial charge in [0.15, 0.2) is 0 Å². The van der Waals surface area contributed by atoms with E-state index in [2.05, 4.69) is 34.4 Å². The first-order valence-electron chi connectivity index (χ1n) is 11.6. The monoisotopic (exact) mass is 480 g/mol. The zero-order valence-electron chi connectivity index (χ0n) is 19.3. The number of aromatic carboxylic acids is 1. The minimum atomic E-state index is -1.02. The van der Waals surface area contributed by atoms with Gasteiger partial charge in [-0.25, -0.2) is 19.6 Å². The number of amides is 2. The van der Waals surface area contributed by atoms with E-state index in [4.69, 9.17) is 4.74 Å². The molecule has 2 saturated heterocycles. The molecule has 3 N–H and O–H groups in total. The summed E-state index contributed by atoms with van der Waals surface area (Å²) in [6, 6.07) is 10.4. The Kier molecular flexibility index (Phi) is 5.75. The van der Waals surface area contributed by atoms with Gasteiger partial charge in [-0.2, -0.15) is 11.8 Å². The second kappa shape index (κ2) is 8.61. The molecule has 2 aliphatic rings. The van der Waals surface area contributed by atoms with Crippen molar-refractivity contribution in [2.24, 2.45) is 0 Å². The van der Waals surface area contributed by atoms with Crippen LogP contribution in [0.1, 0.15) is 49.9 Å². The smallest absolute Gasteiger partial charge is 0.337 e. The third-order valence-electron chi connectivity index (χ3n) is 7.18. The third kappa shape index (κ3) is 3.81. The van der Waals surface area contributed by atoms with Crippen LogP contribution in [0.4, 0.5) is 4.79 Å². The van der Waals surface area contributed by atoms with Crippen molar-refractivity contribution in [3.05, 3.63) is 42.0 Å². The van der Waals surface area contributed by atoms with Crippen molar-refractivity contribution in [3.63, 3.8) is 0 Å². The molecule has 0 radical (unpaired) electrons. The SMILES string of the molecule is C[C@]12CSC(CCCCCOc3cccc4nc5c(C(=O)O)cccc5nc34)[C@@]1(C)NC(=O)N2. The molecule has 2 amide bonds. The number of carbonyl (C=O) groups is 2. The number of carboxylic acid groups (broad SMARTS) is 1. The fourth-order valence-corrected chi connectivity index (χ4v) is 6.88. The maximum atomic E-state index is 11.9. The molecule has 8 nitrogen and oxygen atoms in total. The Morgan fingerprint density at radius 3 is 2.62 bits per heavy atom. The van der Waals surface area contributed by atoms with Crippen LogP contribution in [0.3, 0.4) is 0 Å². The first-order valence-corrected chi connectivity index (χ1v) is 12.6. The van der Waals surface area contributed by atoms with Crippen LogP contribution in [0.2, 0.25) is 0 Å². The lowest BCUT2D eigenvalue weighted by molar-refractivity contribution is 0.0698. The number of aromatic nitrogens is 2. The number of thioether (sulfide) groups is 1. The van der Waals surface area contributed by atoms with E-state index >= 15 is 0 Å². The molecule has 2 fully saturated rings. The van der Waals surface area contributed by atoms with Crippen molar-refractivity contribution in [3.8, 4) is 5.75 Å². The largest absolute Gasteiger partial charge is 0.491 e. The Labute approximate surface area is 201 Å². The standard InChI is InChI=1S/C25H28N4O4S/c1-24-14-34-19(25(24,2)29-23(32)28-24)12-4-3-5-13-33-18-11-7-10-17-21(18)27-16-9-6-8-15(22(30)31)20(16)26-17/h6-11,19H,3-5,12-14H2,1-2H3,(H,30,31)(H2,28,29,32)/t19?,24-,25+/m0/s1. The minimum absolute atomic E-state index is 0.0613. The number of para-hydroxylation sites is 2. The van der Waals surface area contributed by atoms with Crippen molar-refractivity contribution in [1.82, 2.24) is 20.6 Å². The average molecular weight is 481 g/mol. The van der Waals surface area contributed by atoms with E-state index in [9.17, 15) is 14.7 Å². The van der Waals surface area contributed by atoms with Gasteiger partial charge in [0.25, 0.3) is 0 Å². The summed E-state index contributed by atoms with van der Waals surface area (Å²) in [5, 5.41) is 16.1. The van der Waals surface area contributed by atoms with Gasteiger partial charge in [0, 0.05) is 11.0 Å². The molecule has 34 heavy (non-hydrogen) atoms. The maximum absolute atomic E-state index is 11.9. The highest BCUT2D eigenvalue weighted by Gasteiger charge is 2.60. The van der Waals surface area contributed by atoms with Crippen LogP contribution >= 0.6 is 11.8 Å². The van der Waals surface area contributed by atoms with Gasteiger partial charge in [-0.1, -0.05) is 25.0 Å². The average Bonchev–Trinajstić information content (AvgIpc) is 3.17. The molecule has 0 aliphatic carbocycles. The number of carbonyl (C=O) groups excluding carboxylic acids is 1. The number of rotatable bonds is 8. The number of hydrogen-bond acceptors (Lipinski definition) is 6. The summed E-state index contributed by atoms with van der Waals surface area (Å²) in [7, 11) is 0. The molecule has 3 aromatic rings. The summed E-state index contributed by atoms with van der Waals surface area (Å²) < 4.78 is 6.05. The van der Waals surface area contributed by atoms with E-state index in [1.54, 1.807) is 12.1 Å². The number of nitrogens with one attached hydrogen (secondary N) is 2. The van der Waals surface area contributed by atoms with Gasteiger partial charge in [-0.3, -0.25) is 0 Å². The van der Waals surface area contributed by atoms with E-state index in [0.717, 1.165) is 31.4 Å². The van der Waals surface area contributed by atoms with E-state index in [1.165, 1.54) is 6.07 Å². The van der Waals surface area contributed by atoms with E-state index < -0.39 is 5.97 Å². The number of urea groups is 1. The van der Waals surface area contributed by atoms with Crippen molar-refractivity contribution < 1.29 is 19.4 Å². The van der Waals surface area contributed by atoms with Gasteiger partial charge >= 0.3 is 12.0 Å². The van der Waals surface area contributed by atoms with Gasteiger partial charge in [0.05, 0.1) is 34.3 Å². The lowest BCUT2D eigenvalue weighted by Crippen LogP contribution is -2.58. The van der Waals surface area contributed by atoms with Crippen molar-refractivity contribution >= 4 is 45.8 Å². The van der Waals surface area contributed by atoms with Crippen LogP contribution in [-0.2, 0) is 0 Å². The molecule has 178 valence electrons. The van der Waals surface area contributed by atoms with Crippen LogP contribution in [0.25, 0.3) is 22.1 Å². The molecule has 9 heteroatoms. The number of hydrogen-bond donors (Lipinski definition) is 3. The zero-order valence-corrected chi connectivity index (χ0v) is 20.1. The van der Waals surface area contributed by atoms with E-state index in [-0.39, 0.29) is 22.7 Å². The van der Waals surface area contributed by atoms with E-state index in [1.807, 2.05) is 30.0 Å². The first kappa shape index (κ1) is 22.7. The lowest BCUT2D eigenvalue weighted by Gasteiger charge is -2.35. The molecule has 5 rings (SSSR count). The highest BCUT2D eigenvalue weighted by molar-refractivity contribution is 8.00. The molecule has 1 aromatic heterocycles. The highest BCUT2D eigenvalue weighted by Crippen LogP contribution is 2.47. The van der Waals surface area contributed by atoms with E-state index in [0.29, 0.717) is 39.7 Å². The fourth-order valence-electron chi connectivity index (χ4n) is 4.99. The predicted molar refractivity (Wildman–Crippen MR) is 133 cm³/mol. The van der Waals surface area contributed by atoms with Gasteiger partial charge in [0.1, 0.15) is 16.8 Å². The molecule has 3 atom stereocenters. The number of carboxylic acids is 1. The quantitative estimate of drug-likeness (QED) is 0.249. The van der Waals surface area contributed by atoms with Gasteiger partial charge < -0.3 is 20.5 Å². The minimum Gasteiger partial charge on any atom is -0.491 e. The first-order chi connectivity index (χ1) is 16.3. The zero-order chi connectivity index (χ0) is 23.9. The Morgan fingerprint density at radius 1 is 1.09 bits per heavy atom. The summed E-state index contributed by atoms with van der Waals surface area (Å²) in [6.45, 7) is 4.85. The van der Waals surface area contributed by atoms with Crippen LogP contribution in [-0.4, -0.2) is 55.8 Å². The second-order valence-corrected chi connectivity index (χ2v) is 10.6. The number of benzene rings is 2. The van der Waals surface area contributed by atoms with Crippen LogP contribution < -0.4 is 15.4 Å². The van der Waals surface area contributed by atoms with Crippen molar-refractivity contribution in [1.29, 1.82) is 0 Å². The summed E-state index contributed by atoms with van der Waals surface area (Å²) in [4.78, 5) is 32.6. The van der Waals surface area contributed by atoms with Gasteiger partial charge in [-0.15, -0.1) is 0 Å². The van der Waals surface area contributed by atoms with Crippen molar-refractivity contribution in [2.45, 2.75) is 55.9 Å². The van der Waals surface area contributed by atoms with Crippen molar-refractivity contribution in [2.75, 3.05) is 12.4 Å². The molecule has 0 spiro atoms. The Balaban J connectivity index is 1.18. The molecule has 3 heterocycles. The van der Waals surface area contributed by atoms with Gasteiger partial charge in [0.2, 0.25) is 0 Å². The second-order valence-electron chi connectivity index (χ2n) is 9.44. The molecule has 2 aromatic carbocycles. The van der Waals surface area contributed by atoms with Crippen LogP contribution in [0.5, 0.6) is 5.75 Å². The Morgan fingerprint density at radius 2 is 1.82 bits per heavy atom.